The largest absolute Gasteiger partial charge is 0.486 e. The summed E-state index contributed by atoms with van der Waals surface area (Å²) in [5, 5.41) is 2.15. The maximum Gasteiger partial charge on any atom is 0.285 e. The first-order chi connectivity index (χ1) is 16.7. The first kappa shape index (κ1) is 26.2. The summed E-state index contributed by atoms with van der Waals surface area (Å²) in [5.41, 5.74) is 4.52. The van der Waals surface area contributed by atoms with Gasteiger partial charge in [-0.2, -0.15) is 5.01 Å². The molecule has 178 valence electrons. The van der Waals surface area contributed by atoms with Gasteiger partial charge < -0.3 is 4.74 Å². The van der Waals surface area contributed by atoms with Crippen LogP contribution in [-0.2, 0) is 11.4 Å². The topological polar surface area (TPSA) is 58.6 Å². The number of amides is 2. The van der Waals surface area contributed by atoms with E-state index in [1.54, 1.807) is 54.6 Å². The van der Waals surface area contributed by atoms with Gasteiger partial charge >= 0.3 is 0 Å². The second kappa shape index (κ2) is 11.5. The van der Waals surface area contributed by atoms with Gasteiger partial charge in [0.25, 0.3) is 11.8 Å². The van der Waals surface area contributed by atoms with Crippen molar-refractivity contribution in [2.24, 2.45) is 0 Å². The molecule has 1 saturated heterocycles. The molecule has 0 bridgehead atoms. The van der Waals surface area contributed by atoms with Gasteiger partial charge in [0.15, 0.2) is 4.32 Å². The molecule has 5 nitrogen and oxygen atoms in total. The van der Waals surface area contributed by atoms with E-state index in [0.29, 0.717) is 35.2 Å². The molecule has 0 radical (unpaired) electrons. The minimum Gasteiger partial charge on any atom is -0.486 e. The van der Waals surface area contributed by atoms with Crippen LogP contribution >= 0.6 is 79.0 Å². The first-order valence-corrected chi connectivity index (χ1v) is 13.5. The molecule has 2 amide bonds. The quantitative estimate of drug-likeness (QED) is 0.216. The van der Waals surface area contributed by atoms with E-state index in [0.717, 1.165) is 27.9 Å². The summed E-state index contributed by atoms with van der Waals surface area (Å²) in [5.74, 6) is -0.249. The van der Waals surface area contributed by atoms with Gasteiger partial charge in [0.2, 0.25) is 0 Å². The zero-order chi connectivity index (χ0) is 25.1. The second-order valence-electron chi connectivity index (χ2n) is 7.16. The smallest absolute Gasteiger partial charge is 0.285 e. The van der Waals surface area contributed by atoms with E-state index < -0.39 is 11.8 Å². The molecule has 1 aliphatic heterocycles. The maximum absolute atomic E-state index is 12.9. The number of nitrogens with one attached hydrogen (secondary N) is 1. The lowest BCUT2D eigenvalue weighted by molar-refractivity contribution is -0.123. The average Bonchev–Trinajstić information content (AvgIpc) is 3.07. The Morgan fingerprint density at radius 1 is 1.09 bits per heavy atom. The van der Waals surface area contributed by atoms with E-state index >= 15 is 0 Å². The number of carbonyl (C=O) groups excluding carboxylic acids is 2. The van der Waals surface area contributed by atoms with Crippen molar-refractivity contribution in [3.63, 3.8) is 0 Å². The van der Waals surface area contributed by atoms with E-state index in [2.05, 4.69) is 37.3 Å². The fourth-order valence-electron chi connectivity index (χ4n) is 3.06. The number of nitrogens with zero attached hydrogens (tertiary/aromatic N) is 1. The number of halogens is 4. The van der Waals surface area contributed by atoms with Crippen LogP contribution in [0.25, 0.3) is 6.08 Å². The third kappa shape index (κ3) is 6.28. The molecule has 0 aliphatic carbocycles. The number of hydrogen-bond donors (Lipinski definition) is 1. The van der Waals surface area contributed by atoms with Gasteiger partial charge in [-0.15, -0.1) is 0 Å². The minimum atomic E-state index is -0.420. The summed E-state index contributed by atoms with van der Waals surface area (Å²) >= 11 is 25.6. The first-order valence-electron chi connectivity index (χ1n) is 9.92. The van der Waals surface area contributed by atoms with Crippen LogP contribution in [0.15, 0.2) is 74.5 Å². The molecule has 3 aromatic carbocycles. The van der Waals surface area contributed by atoms with Crippen LogP contribution in [0.4, 0.5) is 0 Å². The van der Waals surface area contributed by atoms with Crippen molar-refractivity contribution in [1.29, 1.82) is 0 Å². The van der Waals surface area contributed by atoms with Gasteiger partial charge in [-0.25, -0.2) is 0 Å². The number of rotatable bonds is 6. The van der Waals surface area contributed by atoms with E-state index in [1.165, 1.54) is 0 Å². The Bertz CT molecular complexity index is 1350. The van der Waals surface area contributed by atoms with E-state index in [4.69, 9.17) is 40.2 Å². The average molecular weight is 673 g/mol. The van der Waals surface area contributed by atoms with Gasteiger partial charge in [0, 0.05) is 21.2 Å². The molecule has 3 aromatic rings. The van der Waals surface area contributed by atoms with Crippen molar-refractivity contribution in [2.45, 2.75) is 6.61 Å². The Kier molecular flexibility index (Phi) is 8.57. The van der Waals surface area contributed by atoms with Gasteiger partial charge in [0.05, 0.1) is 13.9 Å². The number of hydrazine groups is 1. The Labute approximate surface area is 238 Å². The lowest BCUT2D eigenvalue weighted by Crippen LogP contribution is -2.44. The minimum absolute atomic E-state index is 0.239. The van der Waals surface area contributed by atoms with Crippen LogP contribution in [-0.4, -0.2) is 21.1 Å². The molecule has 0 unspecified atom stereocenters. The lowest BCUT2D eigenvalue weighted by atomic mass is 10.2. The molecule has 1 N–H and O–H groups in total. The van der Waals surface area contributed by atoms with Crippen LogP contribution in [0.1, 0.15) is 21.5 Å². The fourth-order valence-corrected chi connectivity index (χ4v) is 6.15. The standard InChI is InChI=1S/C24H14Br2Cl2N2O3S2/c25-17-8-13(9-18(26)21(17)33-12-15-6-7-16(27)11-19(15)28)10-20-23(32)30(24(34)35-20)29-22(31)14-4-2-1-3-5-14/h1-11H,12H2,(H,29,31)/b20-10+. The molecular formula is C24H14Br2Cl2N2O3S2. The summed E-state index contributed by atoms with van der Waals surface area (Å²) < 4.78 is 7.54. The predicted molar refractivity (Wildman–Crippen MR) is 152 cm³/mol. The molecule has 0 aromatic heterocycles. The number of carbonyl (C=O) groups is 2. The Morgan fingerprint density at radius 2 is 1.77 bits per heavy atom. The van der Waals surface area contributed by atoms with Crippen LogP contribution in [0.2, 0.25) is 10.0 Å². The fraction of sp³-hybridized carbons (Fsp3) is 0.0417. The third-order valence-electron chi connectivity index (χ3n) is 4.75. The lowest BCUT2D eigenvalue weighted by Gasteiger charge is -2.15. The van der Waals surface area contributed by atoms with Crippen LogP contribution in [0.3, 0.4) is 0 Å². The number of benzene rings is 3. The Balaban J connectivity index is 1.48. The number of thioether (sulfide) groups is 1. The molecule has 0 atom stereocenters. The van der Waals surface area contributed by atoms with Crippen molar-refractivity contribution >= 4 is 101 Å². The van der Waals surface area contributed by atoms with Gasteiger partial charge in [0.1, 0.15) is 12.4 Å². The van der Waals surface area contributed by atoms with Crippen LogP contribution in [0, 0.1) is 0 Å². The summed E-state index contributed by atoms with van der Waals surface area (Å²) in [6.07, 6.45) is 1.70. The zero-order valence-electron chi connectivity index (χ0n) is 17.6. The highest BCUT2D eigenvalue weighted by Gasteiger charge is 2.33. The molecule has 35 heavy (non-hydrogen) atoms. The number of ether oxygens (including phenoxy) is 1. The SMILES string of the molecule is O=C(NN1C(=O)/C(=C\c2cc(Br)c(OCc3ccc(Cl)cc3Cl)c(Br)c2)SC1=S)c1ccccc1. The highest BCUT2D eigenvalue weighted by atomic mass is 79.9. The van der Waals surface area contributed by atoms with Crippen molar-refractivity contribution in [3.8, 4) is 5.75 Å². The van der Waals surface area contributed by atoms with Gasteiger partial charge in [-0.05, 0) is 92.1 Å². The van der Waals surface area contributed by atoms with Crippen molar-refractivity contribution in [3.05, 3.63) is 101 Å². The molecule has 1 aliphatic rings. The Morgan fingerprint density at radius 3 is 2.43 bits per heavy atom. The highest BCUT2D eigenvalue weighted by Crippen LogP contribution is 2.38. The van der Waals surface area contributed by atoms with Crippen molar-refractivity contribution in [2.75, 3.05) is 0 Å². The maximum atomic E-state index is 12.9. The molecular weight excluding hydrogens is 659 g/mol. The molecule has 1 heterocycles. The summed E-state index contributed by atoms with van der Waals surface area (Å²) in [4.78, 5) is 25.7. The van der Waals surface area contributed by atoms with E-state index in [-0.39, 0.29) is 10.9 Å². The monoisotopic (exact) mass is 670 g/mol. The molecule has 11 heteroatoms. The van der Waals surface area contributed by atoms with Crippen LogP contribution < -0.4 is 10.2 Å². The third-order valence-corrected chi connectivity index (χ3v) is 7.82. The van der Waals surface area contributed by atoms with Crippen molar-refractivity contribution in [1.82, 2.24) is 10.4 Å². The van der Waals surface area contributed by atoms with E-state index in [9.17, 15) is 9.59 Å². The predicted octanol–water partition coefficient (Wildman–Crippen LogP) is 7.64. The summed E-state index contributed by atoms with van der Waals surface area (Å²) in [6, 6.07) is 17.4. The van der Waals surface area contributed by atoms with Gasteiger partial charge in [-0.3, -0.25) is 15.0 Å². The molecule has 0 spiro atoms. The van der Waals surface area contributed by atoms with Crippen LogP contribution in [0.5, 0.6) is 5.75 Å². The number of thiocarbonyl (C=S) groups is 1. The van der Waals surface area contributed by atoms with Crippen molar-refractivity contribution < 1.29 is 14.3 Å². The molecule has 4 rings (SSSR count). The Hall–Kier alpha value is -1.88. The molecule has 0 saturated carbocycles. The van der Waals surface area contributed by atoms with Gasteiger partial charge in [-0.1, -0.05) is 59.2 Å². The summed E-state index contributed by atoms with van der Waals surface area (Å²) in [7, 11) is 0. The second-order valence-corrected chi connectivity index (χ2v) is 11.4. The highest BCUT2D eigenvalue weighted by molar-refractivity contribution is 9.11. The van der Waals surface area contributed by atoms with E-state index in [1.807, 2.05) is 12.1 Å². The normalized spacial score (nSPS) is 14.5. The zero-order valence-corrected chi connectivity index (χ0v) is 23.9. The number of hydrogen-bond acceptors (Lipinski definition) is 5. The summed E-state index contributed by atoms with van der Waals surface area (Å²) in [6.45, 7) is 0.242. The molecule has 1 fully saturated rings.